The van der Waals surface area contributed by atoms with Crippen LogP contribution >= 0.6 is 0 Å². The molecular weight excluding hydrogens is 200 g/mol. The Labute approximate surface area is 101 Å². The molecule has 1 N–H and O–H groups in total. The zero-order valence-corrected chi connectivity index (χ0v) is 10.3. The quantitative estimate of drug-likeness (QED) is 0.437. The van der Waals surface area contributed by atoms with Gasteiger partial charge < -0.3 is 5.11 Å². The van der Waals surface area contributed by atoms with Gasteiger partial charge in [0, 0.05) is 7.85 Å². The Balaban J connectivity index is 0. The first-order valence-corrected chi connectivity index (χ1v) is 6.29. The molecule has 0 aromatic heterocycles. The maximum atomic E-state index is 10.2. The number of hydrogen-bond donors (Lipinski definition) is 1. The third-order valence-corrected chi connectivity index (χ3v) is 2.34. The van der Waals surface area contributed by atoms with Gasteiger partial charge in [-0.25, -0.2) is 0 Å². The fourth-order valence-corrected chi connectivity index (χ4v) is 1.39. The maximum absolute atomic E-state index is 10.2. The Hall–Kier alpha value is -1.05. The van der Waals surface area contributed by atoms with Crippen molar-refractivity contribution in [3.63, 3.8) is 0 Å². The summed E-state index contributed by atoms with van der Waals surface area (Å²) in [5, 5.41) is 8.42. The van der Waals surface area contributed by atoms with Gasteiger partial charge in [0.05, 0.1) is 0 Å². The van der Waals surface area contributed by atoms with Crippen molar-refractivity contribution in [2.24, 2.45) is 0 Å². The Morgan fingerprint density at radius 3 is 2.25 bits per heavy atom. The normalized spacial score (nSPS) is 11.6. The predicted octanol–water partition coefficient (Wildman–Crippen LogP) is 4.57. The van der Waals surface area contributed by atoms with Crippen molar-refractivity contribution in [3.8, 4) is 0 Å². The lowest BCUT2D eigenvalue weighted by atomic mass is 10.2. The van der Waals surface area contributed by atoms with Gasteiger partial charge in [0.2, 0.25) is 0 Å². The molecule has 94 valence electrons. The summed E-state index contributed by atoms with van der Waals surface area (Å²) in [6.45, 7) is 2.21. The maximum Gasteiger partial charge on any atom is 0.303 e. The van der Waals surface area contributed by atoms with E-state index >= 15 is 0 Å². The fraction of sp³-hybridized carbons (Fsp3) is 0.643. The van der Waals surface area contributed by atoms with Gasteiger partial charge in [0.15, 0.2) is 0 Å². The summed E-state index contributed by atoms with van der Waals surface area (Å²) in [7, 11) is 0. The standard InChI is InChI=1S/C14H24O2.H2/c1-2-3-4-5-6-7-8-9-10-11-12-13-14(15)16;/h6-7,9-10H,2-5,8,11-13H2,1H3,(H,15,16);1H/b7-6-,10-9-;. The molecule has 2 heteroatoms. The molecule has 0 heterocycles. The minimum Gasteiger partial charge on any atom is -0.481 e. The van der Waals surface area contributed by atoms with Crippen molar-refractivity contribution in [3.05, 3.63) is 24.3 Å². The highest BCUT2D eigenvalue weighted by atomic mass is 16.4. The molecule has 0 amide bonds. The summed E-state index contributed by atoms with van der Waals surface area (Å²) < 4.78 is 0. The Morgan fingerprint density at radius 1 is 1.06 bits per heavy atom. The highest BCUT2D eigenvalue weighted by molar-refractivity contribution is 5.66. The van der Waals surface area contributed by atoms with E-state index in [1.807, 2.05) is 0 Å². The van der Waals surface area contributed by atoms with E-state index in [2.05, 4.69) is 31.2 Å². The first-order valence-electron chi connectivity index (χ1n) is 6.29. The van der Waals surface area contributed by atoms with E-state index in [0.29, 0.717) is 0 Å². The highest BCUT2D eigenvalue weighted by Crippen LogP contribution is 2.01. The van der Waals surface area contributed by atoms with Gasteiger partial charge in [-0.15, -0.1) is 0 Å². The van der Waals surface area contributed by atoms with E-state index in [1.54, 1.807) is 0 Å². The molecule has 0 saturated carbocycles. The second-order valence-electron chi connectivity index (χ2n) is 3.96. The van der Waals surface area contributed by atoms with Crippen molar-refractivity contribution in [2.45, 2.75) is 58.3 Å². The van der Waals surface area contributed by atoms with Crippen LogP contribution in [0, 0.1) is 0 Å². The Morgan fingerprint density at radius 2 is 1.69 bits per heavy atom. The molecule has 0 saturated heterocycles. The third-order valence-electron chi connectivity index (χ3n) is 2.34. The third kappa shape index (κ3) is 12.9. The van der Waals surface area contributed by atoms with E-state index in [0.717, 1.165) is 19.3 Å². The number of allylic oxidation sites excluding steroid dienone is 4. The summed E-state index contributed by atoms with van der Waals surface area (Å²) in [4.78, 5) is 10.2. The summed E-state index contributed by atoms with van der Waals surface area (Å²) in [6, 6.07) is 0. The molecule has 0 fully saturated rings. The molecule has 0 spiro atoms. The van der Waals surface area contributed by atoms with Crippen molar-refractivity contribution in [1.29, 1.82) is 0 Å². The van der Waals surface area contributed by atoms with Crippen LogP contribution in [0.2, 0.25) is 0 Å². The summed E-state index contributed by atoms with van der Waals surface area (Å²) in [6.07, 6.45) is 16.5. The Bertz CT molecular complexity index is 222. The second-order valence-corrected chi connectivity index (χ2v) is 3.96. The van der Waals surface area contributed by atoms with E-state index in [9.17, 15) is 4.79 Å². The van der Waals surface area contributed by atoms with Gasteiger partial charge in [-0.2, -0.15) is 0 Å². The molecule has 0 aliphatic carbocycles. The van der Waals surface area contributed by atoms with Crippen LogP contribution in [0.25, 0.3) is 0 Å². The number of rotatable bonds is 10. The number of carbonyl (C=O) groups is 1. The molecule has 0 radical (unpaired) electrons. The summed E-state index contributed by atoms with van der Waals surface area (Å²) >= 11 is 0. The highest BCUT2D eigenvalue weighted by Gasteiger charge is 1.92. The number of hydrogen-bond acceptors (Lipinski definition) is 1. The molecule has 0 aliphatic heterocycles. The first-order chi connectivity index (χ1) is 7.77. The number of aliphatic carboxylic acids is 1. The van der Waals surface area contributed by atoms with Crippen LogP contribution in [-0.4, -0.2) is 11.1 Å². The van der Waals surface area contributed by atoms with Crippen LogP contribution in [0.15, 0.2) is 24.3 Å². The van der Waals surface area contributed by atoms with Gasteiger partial charge in [-0.1, -0.05) is 44.1 Å². The SMILES string of the molecule is CCCCC/C=C\C/C=C\CCCC(=O)O.[HH]. The lowest BCUT2D eigenvalue weighted by molar-refractivity contribution is -0.137. The first kappa shape index (κ1) is 14.9. The van der Waals surface area contributed by atoms with Crippen LogP contribution < -0.4 is 0 Å². The van der Waals surface area contributed by atoms with E-state index in [-0.39, 0.29) is 7.85 Å². The monoisotopic (exact) mass is 226 g/mol. The zero-order chi connectivity index (χ0) is 12.1. The molecule has 0 rings (SSSR count). The van der Waals surface area contributed by atoms with Crippen LogP contribution in [-0.2, 0) is 4.79 Å². The van der Waals surface area contributed by atoms with Gasteiger partial charge >= 0.3 is 5.97 Å². The van der Waals surface area contributed by atoms with Gasteiger partial charge in [0.1, 0.15) is 0 Å². The van der Waals surface area contributed by atoms with Crippen LogP contribution in [0.3, 0.4) is 0 Å². The molecule has 0 aromatic carbocycles. The van der Waals surface area contributed by atoms with Crippen molar-refractivity contribution in [2.75, 3.05) is 0 Å². The number of unbranched alkanes of at least 4 members (excludes halogenated alkanes) is 4. The molecule has 0 atom stereocenters. The average Bonchev–Trinajstić information content (AvgIpc) is 2.25. The smallest absolute Gasteiger partial charge is 0.303 e. The number of carboxylic acids is 1. The lowest BCUT2D eigenvalue weighted by Gasteiger charge is -1.91. The van der Waals surface area contributed by atoms with Crippen molar-refractivity contribution >= 4 is 5.97 Å². The topological polar surface area (TPSA) is 37.3 Å². The van der Waals surface area contributed by atoms with Crippen LogP contribution in [0.5, 0.6) is 0 Å². The minimum absolute atomic E-state index is 0. The molecule has 0 bridgehead atoms. The number of carboxylic acid groups (broad SMARTS) is 1. The molecule has 0 unspecified atom stereocenters. The van der Waals surface area contributed by atoms with Gasteiger partial charge in [-0.3, -0.25) is 4.79 Å². The molecular formula is C14H26O2. The molecule has 0 aliphatic rings. The van der Waals surface area contributed by atoms with E-state index in [1.165, 1.54) is 25.7 Å². The van der Waals surface area contributed by atoms with Gasteiger partial charge in [0.25, 0.3) is 0 Å². The molecule has 2 nitrogen and oxygen atoms in total. The fourth-order valence-electron chi connectivity index (χ4n) is 1.39. The largest absolute Gasteiger partial charge is 0.481 e. The van der Waals surface area contributed by atoms with Gasteiger partial charge in [-0.05, 0) is 32.1 Å². The summed E-state index contributed by atoms with van der Waals surface area (Å²) in [5.41, 5.74) is 0. The van der Waals surface area contributed by atoms with Crippen LogP contribution in [0.1, 0.15) is 59.7 Å². The lowest BCUT2D eigenvalue weighted by Crippen LogP contribution is -1.92. The van der Waals surface area contributed by atoms with Crippen molar-refractivity contribution < 1.29 is 11.3 Å². The average molecular weight is 226 g/mol. The van der Waals surface area contributed by atoms with Crippen molar-refractivity contribution in [1.82, 2.24) is 0 Å². The molecule has 16 heavy (non-hydrogen) atoms. The molecule has 0 aromatic rings. The second kappa shape index (κ2) is 12.0. The predicted molar refractivity (Wildman–Crippen MR) is 70.6 cm³/mol. The van der Waals surface area contributed by atoms with E-state index in [4.69, 9.17) is 5.11 Å². The van der Waals surface area contributed by atoms with E-state index < -0.39 is 5.97 Å². The Kier molecular flexibility index (Phi) is 11.2. The van der Waals surface area contributed by atoms with Crippen LogP contribution in [0.4, 0.5) is 0 Å². The minimum atomic E-state index is -0.704. The summed E-state index contributed by atoms with van der Waals surface area (Å²) in [5.74, 6) is -0.704. The zero-order valence-electron chi connectivity index (χ0n) is 10.3.